The van der Waals surface area contributed by atoms with E-state index in [0.29, 0.717) is 30.3 Å². The molecule has 24 heavy (non-hydrogen) atoms. The third-order valence-electron chi connectivity index (χ3n) is 4.07. The van der Waals surface area contributed by atoms with E-state index >= 15 is 0 Å². The molecule has 0 unspecified atom stereocenters. The number of carbonyl (C=O) groups excluding carboxylic acids is 1. The highest BCUT2D eigenvalue weighted by Gasteiger charge is 2.37. The highest BCUT2D eigenvalue weighted by molar-refractivity contribution is 7.08. The van der Waals surface area contributed by atoms with Gasteiger partial charge in [-0.1, -0.05) is 0 Å². The number of hydrogen-bond donors (Lipinski definition) is 1. The van der Waals surface area contributed by atoms with E-state index in [4.69, 9.17) is 4.74 Å². The van der Waals surface area contributed by atoms with E-state index in [9.17, 15) is 9.90 Å². The van der Waals surface area contributed by atoms with E-state index in [0.717, 1.165) is 5.56 Å². The standard InChI is InChI=1S/C15H15N5O3S/c1-23-15(22)11-6-10(21)7-19(11)13-3-2-12-16-17-14(20(12)18-13)9-4-5-24-8-9/h2-5,8,10-11,21H,6-7H2,1H3/t10-,11+/m1/s1. The smallest absolute Gasteiger partial charge is 0.328 e. The summed E-state index contributed by atoms with van der Waals surface area (Å²) in [6.45, 7) is 0.328. The summed E-state index contributed by atoms with van der Waals surface area (Å²) in [5.74, 6) is 0.837. The monoisotopic (exact) mass is 345 g/mol. The lowest BCUT2D eigenvalue weighted by Crippen LogP contribution is -2.37. The molecule has 4 heterocycles. The third-order valence-corrected chi connectivity index (χ3v) is 4.76. The molecule has 2 atom stereocenters. The van der Waals surface area contributed by atoms with Gasteiger partial charge in [0.05, 0.1) is 13.2 Å². The first-order valence-corrected chi connectivity index (χ1v) is 8.39. The predicted octanol–water partition coefficient (Wildman–Crippen LogP) is 0.965. The molecule has 3 aromatic rings. The molecule has 8 nitrogen and oxygen atoms in total. The number of rotatable bonds is 3. The van der Waals surface area contributed by atoms with Crippen LogP contribution in [-0.4, -0.2) is 56.7 Å². The number of aliphatic hydroxyl groups excluding tert-OH is 1. The maximum absolute atomic E-state index is 12.0. The lowest BCUT2D eigenvalue weighted by Gasteiger charge is -2.23. The highest BCUT2D eigenvalue weighted by Crippen LogP contribution is 2.26. The molecule has 0 saturated carbocycles. The van der Waals surface area contributed by atoms with Gasteiger partial charge in [-0.05, 0) is 23.6 Å². The van der Waals surface area contributed by atoms with E-state index in [2.05, 4.69) is 15.3 Å². The van der Waals surface area contributed by atoms with E-state index in [-0.39, 0.29) is 5.97 Å². The number of aromatic nitrogens is 4. The van der Waals surface area contributed by atoms with Gasteiger partial charge in [-0.3, -0.25) is 0 Å². The number of methoxy groups -OCH3 is 1. The molecule has 124 valence electrons. The molecule has 1 N–H and O–H groups in total. The number of β-amino-alcohol motifs (C(OH)–C–C–N with tert-alkyl or cyclic N) is 1. The molecule has 0 radical (unpaired) electrons. The molecule has 1 aliphatic heterocycles. The zero-order chi connectivity index (χ0) is 16.7. The molecule has 0 aromatic carbocycles. The number of carbonyl (C=O) groups is 1. The fraction of sp³-hybridized carbons (Fsp3) is 0.333. The Morgan fingerprint density at radius 2 is 2.25 bits per heavy atom. The third kappa shape index (κ3) is 2.42. The molecular weight excluding hydrogens is 330 g/mol. The summed E-state index contributed by atoms with van der Waals surface area (Å²) in [5.41, 5.74) is 1.55. The van der Waals surface area contributed by atoms with Gasteiger partial charge in [0.15, 0.2) is 17.3 Å². The van der Waals surface area contributed by atoms with Crippen molar-refractivity contribution in [1.82, 2.24) is 19.8 Å². The van der Waals surface area contributed by atoms with Gasteiger partial charge in [0.1, 0.15) is 6.04 Å². The van der Waals surface area contributed by atoms with Crippen LogP contribution < -0.4 is 4.90 Å². The van der Waals surface area contributed by atoms with Crippen molar-refractivity contribution in [3.8, 4) is 11.4 Å². The maximum atomic E-state index is 12.0. The topological polar surface area (TPSA) is 92.9 Å². The van der Waals surface area contributed by atoms with Crippen molar-refractivity contribution in [2.24, 2.45) is 0 Å². The summed E-state index contributed by atoms with van der Waals surface area (Å²) in [4.78, 5) is 13.7. The van der Waals surface area contributed by atoms with Crippen LogP contribution in [0.3, 0.4) is 0 Å². The number of ether oxygens (including phenoxy) is 1. The largest absolute Gasteiger partial charge is 0.467 e. The summed E-state index contributed by atoms with van der Waals surface area (Å²) in [6, 6.07) is 4.97. The summed E-state index contributed by atoms with van der Waals surface area (Å²) >= 11 is 1.57. The second kappa shape index (κ2) is 5.84. The highest BCUT2D eigenvalue weighted by atomic mass is 32.1. The minimum atomic E-state index is -0.594. The molecule has 1 aliphatic rings. The zero-order valence-corrected chi connectivity index (χ0v) is 13.7. The van der Waals surface area contributed by atoms with Crippen molar-refractivity contribution < 1.29 is 14.6 Å². The Morgan fingerprint density at radius 3 is 3.00 bits per heavy atom. The van der Waals surface area contributed by atoms with Crippen molar-refractivity contribution in [2.75, 3.05) is 18.6 Å². The van der Waals surface area contributed by atoms with E-state index in [1.807, 2.05) is 16.8 Å². The summed E-state index contributed by atoms with van der Waals surface area (Å²) in [5, 5.41) is 26.8. The molecule has 3 aromatic heterocycles. The molecule has 1 fully saturated rings. The van der Waals surface area contributed by atoms with Crippen LogP contribution in [0.25, 0.3) is 17.0 Å². The van der Waals surface area contributed by atoms with Gasteiger partial charge in [-0.2, -0.15) is 15.9 Å². The van der Waals surface area contributed by atoms with Crippen LogP contribution in [0.5, 0.6) is 0 Å². The number of nitrogens with zero attached hydrogens (tertiary/aromatic N) is 5. The van der Waals surface area contributed by atoms with Crippen molar-refractivity contribution in [2.45, 2.75) is 18.6 Å². The molecule has 9 heteroatoms. The Morgan fingerprint density at radius 1 is 1.38 bits per heavy atom. The number of aliphatic hydroxyl groups is 1. The van der Waals surface area contributed by atoms with Crippen LogP contribution in [-0.2, 0) is 9.53 Å². The average molecular weight is 345 g/mol. The molecule has 0 aliphatic carbocycles. The van der Waals surface area contributed by atoms with Gasteiger partial charge >= 0.3 is 5.97 Å². The first kappa shape index (κ1) is 15.0. The van der Waals surface area contributed by atoms with Gasteiger partial charge in [-0.25, -0.2) is 4.79 Å². The van der Waals surface area contributed by atoms with E-state index in [1.54, 1.807) is 32.9 Å². The van der Waals surface area contributed by atoms with E-state index in [1.165, 1.54) is 7.11 Å². The number of anilines is 1. The average Bonchev–Trinajstić information content (AvgIpc) is 3.31. The van der Waals surface area contributed by atoms with Crippen LogP contribution >= 0.6 is 11.3 Å². The molecular formula is C15H15N5O3S. The lowest BCUT2D eigenvalue weighted by molar-refractivity contribution is -0.142. The van der Waals surface area contributed by atoms with Gasteiger partial charge in [-0.15, -0.1) is 15.3 Å². The van der Waals surface area contributed by atoms with Crippen molar-refractivity contribution >= 4 is 28.8 Å². The lowest BCUT2D eigenvalue weighted by atomic mass is 10.2. The first-order chi connectivity index (χ1) is 11.7. The number of fused-ring (bicyclic) bond motifs is 1. The van der Waals surface area contributed by atoms with Gasteiger partial charge in [0.2, 0.25) is 0 Å². The van der Waals surface area contributed by atoms with Crippen molar-refractivity contribution in [1.29, 1.82) is 0 Å². The Balaban J connectivity index is 1.77. The van der Waals surface area contributed by atoms with Crippen LogP contribution in [0.1, 0.15) is 6.42 Å². The number of hydrogen-bond acceptors (Lipinski definition) is 8. The van der Waals surface area contributed by atoms with Crippen LogP contribution in [0.2, 0.25) is 0 Å². The predicted molar refractivity (Wildman–Crippen MR) is 87.9 cm³/mol. The second-order valence-electron chi connectivity index (χ2n) is 5.58. The van der Waals surface area contributed by atoms with Crippen LogP contribution in [0, 0.1) is 0 Å². The normalized spacial score (nSPS) is 20.7. The van der Waals surface area contributed by atoms with Crippen molar-refractivity contribution in [3.05, 3.63) is 29.0 Å². The summed E-state index contributed by atoms with van der Waals surface area (Å²) in [7, 11) is 1.34. The second-order valence-corrected chi connectivity index (χ2v) is 6.36. The minimum absolute atomic E-state index is 0.325. The minimum Gasteiger partial charge on any atom is -0.467 e. The van der Waals surface area contributed by atoms with Gasteiger partial charge in [0, 0.05) is 23.9 Å². The Bertz CT molecular complexity index is 879. The maximum Gasteiger partial charge on any atom is 0.328 e. The molecule has 0 spiro atoms. The zero-order valence-electron chi connectivity index (χ0n) is 12.9. The molecule has 1 saturated heterocycles. The SMILES string of the molecule is COC(=O)[C@@H]1C[C@@H](O)CN1c1ccc2nnc(-c3ccsc3)n2n1. The fourth-order valence-electron chi connectivity index (χ4n) is 2.93. The number of esters is 1. The molecule has 0 bridgehead atoms. The summed E-state index contributed by atoms with van der Waals surface area (Å²) < 4.78 is 6.49. The summed E-state index contributed by atoms with van der Waals surface area (Å²) in [6.07, 6.45) is -0.268. The quantitative estimate of drug-likeness (QED) is 0.707. The Labute approximate surface area is 141 Å². The fourth-order valence-corrected chi connectivity index (χ4v) is 3.56. The van der Waals surface area contributed by atoms with Gasteiger partial charge < -0.3 is 14.7 Å². The first-order valence-electron chi connectivity index (χ1n) is 7.45. The van der Waals surface area contributed by atoms with Crippen LogP contribution in [0.4, 0.5) is 5.82 Å². The Hall–Kier alpha value is -2.52. The van der Waals surface area contributed by atoms with Crippen LogP contribution in [0.15, 0.2) is 29.0 Å². The molecule has 0 amide bonds. The number of thiophene rings is 1. The molecule has 4 rings (SSSR count). The van der Waals surface area contributed by atoms with Crippen molar-refractivity contribution in [3.63, 3.8) is 0 Å². The van der Waals surface area contributed by atoms with E-state index < -0.39 is 12.1 Å². The van der Waals surface area contributed by atoms with Gasteiger partial charge in [0.25, 0.3) is 0 Å². The Kier molecular flexibility index (Phi) is 3.66.